The first-order chi connectivity index (χ1) is 21.3. The number of likely N-dealkylation sites (N-methyl/N-ethyl adjacent to an activating group) is 1. The summed E-state index contributed by atoms with van der Waals surface area (Å²) in [5, 5.41) is 6.13. The van der Waals surface area contributed by atoms with Crippen molar-refractivity contribution in [2.24, 2.45) is 0 Å². The number of anilines is 6. The Morgan fingerprint density at radius 2 is 1.70 bits per heavy atom. The highest BCUT2D eigenvalue weighted by molar-refractivity contribution is 6.07. The van der Waals surface area contributed by atoms with Crippen LogP contribution < -0.4 is 25.3 Å². The van der Waals surface area contributed by atoms with Crippen LogP contribution in [0.1, 0.15) is 27.0 Å². The summed E-state index contributed by atoms with van der Waals surface area (Å²) in [6.45, 7) is 5.64. The third-order valence-electron chi connectivity index (χ3n) is 8.10. The van der Waals surface area contributed by atoms with E-state index in [0.717, 1.165) is 43.0 Å². The number of carbonyl (C=O) groups excluding carboxylic acids is 2. The number of rotatable bonds is 7. The maximum Gasteiger partial charge on any atom is 0.330 e. The maximum atomic E-state index is 13.6. The number of nitrogens with zero attached hydrogens (tertiary/aromatic N) is 6. The Morgan fingerprint density at radius 1 is 0.955 bits per heavy atom. The molecule has 1 aromatic heterocycles. The fraction of sp³-hybridized carbons (Fsp3) is 0.273. The minimum Gasteiger partial charge on any atom is -0.369 e. The number of alkyl halides is 1. The molecule has 10 nitrogen and oxygen atoms in total. The molecule has 2 aliphatic heterocycles. The van der Waals surface area contributed by atoms with E-state index < -0.39 is 6.67 Å². The lowest BCUT2D eigenvalue weighted by molar-refractivity contribution is 0.102. The second-order valence-electron chi connectivity index (χ2n) is 11.2. The van der Waals surface area contributed by atoms with Crippen LogP contribution in [-0.4, -0.2) is 67.1 Å². The van der Waals surface area contributed by atoms with Crippen molar-refractivity contribution < 1.29 is 14.0 Å². The van der Waals surface area contributed by atoms with Gasteiger partial charge in [-0.2, -0.15) is 4.98 Å². The number of carbonyl (C=O) groups is 2. The minimum absolute atomic E-state index is 0.249. The number of amides is 3. The van der Waals surface area contributed by atoms with Gasteiger partial charge in [-0.15, -0.1) is 0 Å². The van der Waals surface area contributed by atoms with E-state index >= 15 is 0 Å². The molecular formula is C33H35FN8O2. The summed E-state index contributed by atoms with van der Waals surface area (Å²) in [6.07, 6.45) is 1.73. The van der Waals surface area contributed by atoms with E-state index in [9.17, 15) is 14.0 Å². The van der Waals surface area contributed by atoms with Gasteiger partial charge in [0.05, 0.1) is 12.2 Å². The van der Waals surface area contributed by atoms with Gasteiger partial charge in [0.25, 0.3) is 5.91 Å². The lowest BCUT2D eigenvalue weighted by atomic mass is 10.1. The summed E-state index contributed by atoms with van der Waals surface area (Å²) in [4.78, 5) is 43.5. The average Bonchev–Trinajstić information content (AvgIpc) is 3.05. The SMILES string of the molecule is Cc1ccc(NC(=O)c2cccc(CF)c2)cc1N1Cc2cnc(Nc3ccc(N4CCN(C)CC4)cc3)nc2N(C)C1=O. The second-order valence-corrected chi connectivity index (χ2v) is 11.2. The first kappa shape index (κ1) is 29.1. The van der Waals surface area contributed by atoms with Gasteiger partial charge in [0.2, 0.25) is 5.95 Å². The minimum atomic E-state index is -0.645. The lowest BCUT2D eigenvalue weighted by Crippen LogP contribution is -2.46. The quantitative estimate of drug-likeness (QED) is 0.288. The number of fused-ring (bicyclic) bond motifs is 1. The monoisotopic (exact) mass is 594 g/mol. The molecule has 0 bridgehead atoms. The van der Waals surface area contributed by atoms with E-state index in [1.54, 1.807) is 48.5 Å². The van der Waals surface area contributed by atoms with Crippen LogP contribution in [0.5, 0.6) is 0 Å². The molecule has 1 fully saturated rings. The van der Waals surface area contributed by atoms with Gasteiger partial charge in [-0.3, -0.25) is 14.6 Å². The molecular weight excluding hydrogens is 559 g/mol. The predicted octanol–water partition coefficient (Wildman–Crippen LogP) is 5.58. The standard InChI is InChI=1S/C33H35FN8O2/c1-22-7-8-27(36-31(43)24-6-4-5-23(17-24)19-34)18-29(22)42-21-25-20-35-32(38-30(25)40(3)33(42)44)37-26-9-11-28(12-10-26)41-15-13-39(2)14-16-41/h4-12,17-18,20H,13-16,19,21H2,1-3H3,(H,36,43)(H,35,37,38). The zero-order chi connectivity index (χ0) is 30.8. The van der Waals surface area contributed by atoms with Crippen molar-refractivity contribution in [3.05, 3.63) is 95.2 Å². The highest BCUT2D eigenvalue weighted by Gasteiger charge is 2.31. The third-order valence-corrected chi connectivity index (χ3v) is 8.10. The molecule has 0 aliphatic carbocycles. The van der Waals surface area contributed by atoms with Gasteiger partial charge in [-0.05, 0) is 73.6 Å². The molecule has 2 N–H and O–H groups in total. The Kier molecular flexibility index (Phi) is 8.12. The number of aryl methyl sites for hydroxylation is 1. The van der Waals surface area contributed by atoms with Gasteiger partial charge >= 0.3 is 6.03 Å². The molecule has 4 aromatic rings. The number of nitrogens with one attached hydrogen (secondary N) is 2. The van der Waals surface area contributed by atoms with E-state index in [0.29, 0.717) is 34.3 Å². The fourth-order valence-corrected chi connectivity index (χ4v) is 5.48. The third kappa shape index (κ3) is 6.04. The Morgan fingerprint density at radius 3 is 2.45 bits per heavy atom. The first-order valence-electron chi connectivity index (χ1n) is 14.6. The topological polar surface area (TPSA) is 96.9 Å². The van der Waals surface area contributed by atoms with Crippen LogP contribution in [0.2, 0.25) is 0 Å². The molecule has 2 aliphatic rings. The van der Waals surface area contributed by atoms with Gasteiger partial charge in [0, 0.05) is 67.6 Å². The normalized spacial score (nSPS) is 15.3. The molecule has 226 valence electrons. The van der Waals surface area contributed by atoms with Crippen molar-refractivity contribution in [1.82, 2.24) is 14.9 Å². The van der Waals surface area contributed by atoms with Gasteiger partial charge in [0.15, 0.2) is 0 Å². The molecule has 6 rings (SSSR count). The van der Waals surface area contributed by atoms with Crippen LogP contribution in [0.15, 0.2) is 72.9 Å². The van der Waals surface area contributed by atoms with Gasteiger partial charge < -0.3 is 20.4 Å². The fourth-order valence-electron chi connectivity index (χ4n) is 5.48. The zero-order valence-corrected chi connectivity index (χ0v) is 25.0. The molecule has 11 heteroatoms. The Hall–Kier alpha value is -5.03. The summed E-state index contributed by atoms with van der Waals surface area (Å²) in [6, 6.07) is 19.8. The van der Waals surface area contributed by atoms with Crippen LogP contribution in [0.4, 0.5) is 43.7 Å². The number of halogens is 1. The summed E-state index contributed by atoms with van der Waals surface area (Å²) < 4.78 is 13.1. The first-order valence-corrected chi connectivity index (χ1v) is 14.6. The van der Waals surface area contributed by atoms with Crippen molar-refractivity contribution in [1.29, 1.82) is 0 Å². The van der Waals surface area contributed by atoms with Gasteiger partial charge in [-0.1, -0.05) is 18.2 Å². The Labute approximate surface area is 256 Å². The van der Waals surface area contributed by atoms with E-state index in [1.165, 1.54) is 16.7 Å². The van der Waals surface area contributed by atoms with Crippen molar-refractivity contribution in [3.8, 4) is 0 Å². The molecule has 1 saturated heterocycles. The summed E-state index contributed by atoms with van der Waals surface area (Å²) in [5.41, 5.74) is 5.68. The van der Waals surface area contributed by atoms with Crippen molar-refractivity contribution in [3.63, 3.8) is 0 Å². The lowest BCUT2D eigenvalue weighted by Gasteiger charge is -2.35. The van der Waals surface area contributed by atoms with Crippen LogP contribution in [-0.2, 0) is 13.2 Å². The van der Waals surface area contributed by atoms with Crippen LogP contribution in [0.25, 0.3) is 0 Å². The van der Waals surface area contributed by atoms with Crippen molar-refractivity contribution >= 4 is 46.5 Å². The number of hydrogen-bond acceptors (Lipinski definition) is 7. The van der Waals surface area contributed by atoms with Crippen LogP contribution >= 0.6 is 0 Å². The number of hydrogen-bond donors (Lipinski definition) is 2. The number of benzene rings is 3. The summed E-state index contributed by atoms with van der Waals surface area (Å²) in [5.74, 6) is 0.583. The highest BCUT2D eigenvalue weighted by atomic mass is 19.1. The molecule has 0 radical (unpaired) electrons. The zero-order valence-electron chi connectivity index (χ0n) is 25.0. The van der Waals surface area contributed by atoms with Gasteiger partial charge in [0.1, 0.15) is 12.5 Å². The summed E-state index contributed by atoms with van der Waals surface area (Å²) >= 11 is 0. The predicted molar refractivity (Wildman–Crippen MR) is 172 cm³/mol. The van der Waals surface area contributed by atoms with Gasteiger partial charge in [-0.25, -0.2) is 14.2 Å². The molecule has 0 saturated carbocycles. The van der Waals surface area contributed by atoms with Crippen LogP contribution in [0, 0.1) is 6.92 Å². The summed E-state index contributed by atoms with van der Waals surface area (Å²) in [7, 11) is 3.83. The number of piperazine rings is 1. The van der Waals surface area contributed by atoms with Crippen LogP contribution in [0.3, 0.4) is 0 Å². The number of aromatic nitrogens is 2. The van der Waals surface area contributed by atoms with Crippen molar-refractivity contribution in [2.75, 3.05) is 65.6 Å². The molecule has 3 heterocycles. The molecule has 0 spiro atoms. The highest BCUT2D eigenvalue weighted by Crippen LogP contribution is 2.33. The smallest absolute Gasteiger partial charge is 0.330 e. The van der Waals surface area contributed by atoms with E-state index in [-0.39, 0.29) is 18.5 Å². The second kappa shape index (κ2) is 12.3. The molecule has 3 aromatic carbocycles. The molecule has 0 atom stereocenters. The van der Waals surface area contributed by atoms with Crippen molar-refractivity contribution in [2.45, 2.75) is 20.1 Å². The molecule has 0 unspecified atom stereocenters. The molecule has 3 amide bonds. The molecule has 44 heavy (non-hydrogen) atoms. The average molecular weight is 595 g/mol. The number of urea groups is 1. The van der Waals surface area contributed by atoms with E-state index in [2.05, 4.69) is 49.6 Å². The largest absolute Gasteiger partial charge is 0.369 e. The van der Waals surface area contributed by atoms with E-state index in [4.69, 9.17) is 0 Å². The Bertz CT molecular complexity index is 1690. The maximum absolute atomic E-state index is 13.6. The Balaban J connectivity index is 1.17. The van der Waals surface area contributed by atoms with E-state index in [1.807, 2.05) is 25.1 Å².